The fourth-order valence-corrected chi connectivity index (χ4v) is 2.85. The van der Waals surface area contributed by atoms with Gasteiger partial charge in [0, 0.05) is 31.8 Å². The van der Waals surface area contributed by atoms with E-state index in [1.807, 2.05) is 43.3 Å². The average molecular weight is 361 g/mol. The van der Waals surface area contributed by atoms with E-state index in [2.05, 4.69) is 33.6 Å². The first-order valence-corrected chi connectivity index (χ1v) is 7.11. The lowest BCUT2D eigenvalue weighted by Crippen LogP contribution is -2.02. The van der Waals surface area contributed by atoms with Gasteiger partial charge in [0.1, 0.15) is 0 Å². The predicted molar refractivity (Wildman–Crippen MR) is 85.6 cm³/mol. The molecule has 1 heterocycles. The number of hydrogen-bond donors (Lipinski definition) is 1. The van der Waals surface area contributed by atoms with E-state index in [4.69, 9.17) is 0 Å². The molecule has 0 radical (unpaired) electrons. The highest BCUT2D eigenvalue weighted by Crippen LogP contribution is 2.24. The van der Waals surface area contributed by atoms with Crippen LogP contribution in [0.15, 0.2) is 48.7 Å². The summed E-state index contributed by atoms with van der Waals surface area (Å²) in [4.78, 5) is 15.8. The van der Waals surface area contributed by atoms with Crippen LogP contribution < -0.4 is 0 Å². The van der Waals surface area contributed by atoms with Gasteiger partial charge in [0.2, 0.25) is 0 Å². The SMILES string of the molecule is Cc1ccc2[nH]cc(C(=O)c3ccccc3I)c2c1. The highest BCUT2D eigenvalue weighted by molar-refractivity contribution is 14.1. The third-order valence-electron chi connectivity index (χ3n) is 3.20. The maximum Gasteiger partial charge on any atom is 0.196 e. The highest BCUT2D eigenvalue weighted by atomic mass is 127. The third-order valence-corrected chi connectivity index (χ3v) is 4.14. The van der Waals surface area contributed by atoms with E-state index in [1.54, 1.807) is 6.20 Å². The van der Waals surface area contributed by atoms with Crippen molar-refractivity contribution in [2.75, 3.05) is 0 Å². The first-order chi connectivity index (χ1) is 9.16. The Balaban J connectivity index is 2.17. The first kappa shape index (κ1) is 12.4. The maximum atomic E-state index is 12.6. The summed E-state index contributed by atoms with van der Waals surface area (Å²) in [5.41, 5.74) is 3.65. The van der Waals surface area contributed by atoms with Gasteiger partial charge in [-0.25, -0.2) is 0 Å². The minimum absolute atomic E-state index is 0.0712. The fourth-order valence-electron chi connectivity index (χ4n) is 2.21. The molecule has 2 nitrogen and oxygen atoms in total. The summed E-state index contributed by atoms with van der Waals surface area (Å²) in [6, 6.07) is 13.8. The summed E-state index contributed by atoms with van der Waals surface area (Å²) in [5.74, 6) is 0.0712. The molecular weight excluding hydrogens is 349 g/mol. The Morgan fingerprint density at radius 2 is 1.89 bits per heavy atom. The lowest BCUT2D eigenvalue weighted by Gasteiger charge is -2.03. The van der Waals surface area contributed by atoms with Crippen LogP contribution in [-0.4, -0.2) is 10.8 Å². The number of fused-ring (bicyclic) bond motifs is 1. The van der Waals surface area contributed by atoms with Gasteiger partial charge in [0.05, 0.1) is 0 Å². The molecule has 1 N–H and O–H groups in total. The van der Waals surface area contributed by atoms with Crippen LogP contribution in [0.25, 0.3) is 10.9 Å². The van der Waals surface area contributed by atoms with Crippen LogP contribution in [0.2, 0.25) is 0 Å². The van der Waals surface area contributed by atoms with Gasteiger partial charge >= 0.3 is 0 Å². The number of ketones is 1. The number of H-pyrrole nitrogens is 1. The van der Waals surface area contributed by atoms with Gasteiger partial charge in [-0.1, -0.05) is 23.8 Å². The van der Waals surface area contributed by atoms with Gasteiger partial charge in [-0.05, 0) is 53.8 Å². The molecule has 2 aromatic carbocycles. The van der Waals surface area contributed by atoms with E-state index in [1.165, 1.54) is 0 Å². The molecule has 1 aromatic heterocycles. The molecule has 0 unspecified atom stereocenters. The number of aromatic nitrogens is 1. The van der Waals surface area contributed by atoms with Crippen molar-refractivity contribution in [2.24, 2.45) is 0 Å². The molecule has 0 saturated heterocycles. The molecule has 0 amide bonds. The second-order valence-electron chi connectivity index (χ2n) is 4.56. The molecule has 0 aliphatic carbocycles. The molecule has 94 valence electrons. The number of hydrogen-bond acceptors (Lipinski definition) is 1. The van der Waals surface area contributed by atoms with Crippen molar-refractivity contribution >= 4 is 39.3 Å². The Hall–Kier alpha value is -1.62. The Bertz CT molecular complexity index is 773. The van der Waals surface area contributed by atoms with E-state index in [9.17, 15) is 4.79 Å². The standard InChI is InChI=1S/C16H12INO/c1-10-6-7-15-12(8-10)13(9-18-15)16(19)11-4-2-3-5-14(11)17/h2-9,18H,1H3. The fraction of sp³-hybridized carbons (Fsp3) is 0.0625. The Kier molecular flexibility index (Phi) is 3.14. The molecule has 0 saturated carbocycles. The lowest BCUT2D eigenvalue weighted by atomic mass is 10.0. The first-order valence-electron chi connectivity index (χ1n) is 6.04. The van der Waals surface area contributed by atoms with Crippen LogP contribution in [-0.2, 0) is 0 Å². The minimum Gasteiger partial charge on any atom is -0.360 e. The van der Waals surface area contributed by atoms with Gasteiger partial charge in [-0.3, -0.25) is 4.79 Å². The molecule has 3 heteroatoms. The highest BCUT2D eigenvalue weighted by Gasteiger charge is 2.16. The molecule has 0 spiro atoms. The Morgan fingerprint density at radius 3 is 2.68 bits per heavy atom. The molecule has 0 aliphatic heterocycles. The van der Waals surface area contributed by atoms with E-state index in [0.29, 0.717) is 0 Å². The van der Waals surface area contributed by atoms with Gasteiger partial charge in [0.25, 0.3) is 0 Å². The molecule has 19 heavy (non-hydrogen) atoms. The zero-order valence-corrected chi connectivity index (χ0v) is 12.6. The number of carbonyl (C=O) groups is 1. The van der Waals surface area contributed by atoms with Crippen molar-refractivity contribution < 1.29 is 4.79 Å². The number of nitrogens with one attached hydrogen (secondary N) is 1. The summed E-state index contributed by atoms with van der Waals surface area (Å²) in [6.07, 6.45) is 1.80. The minimum atomic E-state index is 0.0712. The quantitative estimate of drug-likeness (QED) is 0.536. The van der Waals surface area contributed by atoms with Crippen LogP contribution in [0, 0.1) is 10.5 Å². The van der Waals surface area contributed by atoms with Gasteiger partial charge in [0.15, 0.2) is 5.78 Å². The molecule has 0 fully saturated rings. The van der Waals surface area contributed by atoms with Crippen LogP contribution >= 0.6 is 22.6 Å². The number of rotatable bonds is 2. The Labute approximate surface area is 125 Å². The van der Waals surface area contributed by atoms with E-state index in [0.717, 1.165) is 31.2 Å². The smallest absolute Gasteiger partial charge is 0.196 e. The topological polar surface area (TPSA) is 32.9 Å². The summed E-state index contributed by atoms with van der Waals surface area (Å²) in [6.45, 7) is 2.03. The van der Waals surface area contributed by atoms with Crippen LogP contribution in [0.3, 0.4) is 0 Å². The van der Waals surface area contributed by atoms with Crippen LogP contribution in [0.4, 0.5) is 0 Å². The number of halogens is 1. The van der Waals surface area contributed by atoms with Crippen molar-refractivity contribution in [1.82, 2.24) is 4.98 Å². The maximum absolute atomic E-state index is 12.6. The largest absolute Gasteiger partial charge is 0.360 e. The van der Waals surface area contributed by atoms with E-state index >= 15 is 0 Å². The molecule has 3 aromatic rings. The number of carbonyl (C=O) groups excluding carboxylic acids is 1. The predicted octanol–water partition coefficient (Wildman–Crippen LogP) is 4.31. The van der Waals surface area contributed by atoms with Crippen LogP contribution in [0.1, 0.15) is 21.5 Å². The number of aromatic amines is 1. The lowest BCUT2D eigenvalue weighted by molar-refractivity contribution is 0.103. The Morgan fingerprint density at radius 1 is 1.11 bits per heavy atom. The third kappa shape index (κ3) is 2.18. The van der Waals surface area contributed by atoms with Gasteiger partial charge < -0.3 is 4.98 Å². The zero-order chi connectivity index (χ0) is 13.4. The summed E-state index contributed by atoms with van der Waals surface area (Å²) < 4.78 is 0.979. The van der Waals surface area contributed by atoms with E-state index < -0.39 is 0 Å². The number of aryl methyl sites for hydroxylation is 1. The summed E-state index contributed by atoms with van der Waals surface area (Å²) in [7, 11) is 0. The van der Waals surface area contributed by atoms with Crippen molar-refractivity contribution in [3.05, 3.63) is 68.9 Å². The van der Waals surface area contributed by atoms with Crippen molar-refractivity contribution in [1.29, 1.82) is 0 Å². The molecule has 0 aliphatic rings. The monoisotopic (exact) mass is 361 g/mol. The van der Waals surface area contributed by atoms with E-state index in [-0.39, 0.29) is 5.78 Å². The van der Waals surface area contributed by atoms with Gasteiger partial charge in [-0.2, -0.15) is 0 Å². The normalized spacial score (nSPS) is 10.8. The second kappa shape index (κ2) is 4.81. The van der Waals surface area contributed by atoms with Crippen molar-refractivity contribution in [2.45, 2.75) is 6.92 Å². The molecule has 0 bridgehead atoms. The summed E-state index contributed by atoms with van der Waals surface area (Å²) >= 11 is 2.20. The second-order valence-corrected chi connectivity index (χ2v) is 5.72. The molecule has 3 rings (SSSR count). The number of benzene rings is 2. The average Bonchev–Trinajstić information content (AvgIpc) is 2.81. The zero-order valence-electron chi connectivity index (χ0n) is 10.4. The molecule has 0 atom stereocenters. The van der Waals surface area contributed by atoms with Crippen molar-refractivity contribution in [3.63, 3.8) is 0 Å². The van der Waals surface area contributed by atoms with Crippen molar-refractivity contribution in [3.8, 4) is 0 Å². The summed E-state index contributed by atoms with van der Waals surface area (Å²) in [5, 5.41) is 0.990. The van der Waals surface area contributed by atoms with Gasteiger partial charge in [-0.15, -0.1) is 0 Å². The van der Waals surface area contributed by atoms with Crippen LogP contribution in [0.5, 0.6) is 0 Å². The molecular formula is C16H12INO.